The first-order valence-corrected chi connectivity index (χ1v) is 16.7. The average Bonchev–Trinajstić information content (AvgIpc) is 2.90. The van der Waals surface area contributed by atoms with Crippen LogP contribution in [0.15, 0.2) is 54.6 Å². The average molecular weight is 680 g/mol. The number of amides is 2. The summed E-state index contributed by atoms with van der Waals surface area (Å²) in [7, 11) is 0.315. The number of benzene rings is 2. The summed E-state index contributed by atoms with van der Waals surface area (Å²) in [6.07, 6.45) is 1.54. The fourth-order valence-corrected chi connectivity index (χ4v) is 5.32. The zero-order chi connectivity index (χ0) is 32.7. The van der Waals surface area contributed by atoms with Crippen molar-refractivity contribution in [1.82, 2.24) is 19.9 Å². The Morgan fingerprint density at radius 2 is 1.71 bits per heavy atom. The van der Waals surface area contributed by atoms with E-state index in [-0.39, 0.29) is 31.2 Å². The first kappa shape index (κ1) is 38.0. The number of sulfonamides is 1. The van der Waals surface area contributed by atoms with Gasteiger partial charge < -0.3 is 15.0 Å². The summed E-state index contributed by atoms with van der Waals surface area (Å²) in [5.41, 5.74) is 4.49. The summed E-state index contributed by atoms with van der Waals surface area (Å²) in [6, 6.07) is 16.8. The highest BCUT2D eigenvalue weighted by atomic mass is 35.5. The molecule has 3 aromatic rings. The summed E-state index contributed by atoms with van der Waals surface area (Å²) in [4.78, 5) is 32.6. The molecule has 2 aromatic carbocycles. The molecule has 1 aromatic heterocycles. The second kappa shape index (κ2) is 16.4. The highest BCUT2D eigenvalue weighted by Gasteiger charge is 2.29. The Kier molecular flexibility index (Phi) is 13.9. The van der Waals surface area contributed by atoms with E-state index in [1.165, 1.54) is 0 Å². The number of aryl methyl sites for hydroxylation is 1. The van der Waals surface area contributed by atoms with Gasteiger partial charge in [0.2, 0.25) is 21.8 Å². The molecular weight excluding hydrogens is 635 g/mol. The van der Waals surface area contributed by atoms with Gasteiger partial charge in [-0.15, -0.1) is 12.4 Å². The second-order valence-corrected chi connectivity index (χ2v) is 14.5. The van der Waals surface area contributed by atoms with Gasteiger partial charge in [0.25, 0.3) is 0 Å². The first-order valence-electron chi connectivity index (χ1n) is 14.5. The summed E-state index contributed by atoms with van der Waals surface area (Å²) in [5.74, 6) is -0.456. The molecular formula is C33H44Cl2N4O5S. The van der Waals surface area contributed by atoms with E-state index in [4.69, 9.17) is 21.3 Å². The second-order valence-electron chi connectivity index (χ2n) is 12.3. The number of carbonyl (C=O) groups excluding carboxylic acids is 2. The Balaban J connectivity index is 0.00000705. The van der Waals surface area contributed by atoms with Crippen LogP contribution in [0.2, 0.25) is 5.02 Å². The molecule has 1 atom stereocenters. The molecule has 0 saturated heterocycles. The van der Waals surface area contributed by atoms with Crippen LogP contribution in [-0.2, 0) is 26.0 Å². The van der Waals surface area contributed by atoms with E-state index in [1.54, 1.807) is 6.07 Å². The minimum Gasteiger partial charge on any atom is -0.492 e. The van der Waals surface area contributed by atoms with Gasteiger partial charge in [-0.05, 0) is 62.2 Å². The number of aromatic nitrogens is 1. The van der Waals surface area contributed by atoms with Gasteiger partial charge >= 0.3 is 0 Å². The van der Waals surface area contributed by atoms with Crippen LogP contribution in [0.4, 0.5) is 0 Å². The highest BCUT2D eigenvalue weighted by Crippen LogP contribution is 2.36. The smallest absolute Gasteiger partial charge is 0.235 e. The lowest BCUT2D eigenvalue weighted by Gasteiger charge is -2.31. The molecule has 45 heavy (non-hydrogen) atoms. The number of rotatable bonds is 13. The topological polar surface area (TPSA) is 118 Å². The van der Waals surface area contributed by atoms with Crippen molar-refractivity contribution in [3.8, 4) is 28.1 Å². The van der Waals surface area contributed by atoms with E-state index in [2.05, 4.69) is 10.2 Å². The number of carbonyl (C=O) groups is 2. The summed E-state index contributed by atoms with van der Waals surface area (Å²) in [5, 5.41) is 3.41. The molecule has 0 aliphatic rings. The number of halogens is 2. The first-order chi connectivity index (χ1) is 20.5. The fourth-order valence-electron chi connectivity index (χ4n) is 4.65. The maximum absolute atomic E-state index is 13.2. The van der Waals surface area contributed by atoms with Crippen LogP contribution in [0.3, 0.4) is 0 Å². The molecule has 2 N–H and O–H groups in total. The van der Waals surface area contributed by atoms with Gasteiger partial charge in [0.15, 0.2) is 0 Å². The molecule has 0 saturated carbocycles. The van der Waals surface area contributed by atoms with Gasteiger partial charge in [-0.2, -0.15) is 0 Å². The lowest BCUT2D eigenvalue weighted by Crippen LogP contribution is -2.47. The van der Waals surface area contributed by atoms with E-state index in [0.29, 0.717) is 28.8 Å². The van der Waals surface area contributed by atoms with Crippen molar-refractivity contribution in [1.29, 1.82) is 0 Å². The third-order valence-electron chi connectivity index (χ3n) is 7.01. The van der Waals surface area contributed by atoms with Crippen molar-refractivity contribution in [2.45, 2.75) is 53.0 Å². The number of nitrogens with zero attached hydrogens (tertiary/aromatic N) is 2. The number of nitrogens with one attached hydrogen (secondary N) is 2. The van der Waals surface area contributed by atoms with Crippen LogP contribution in [0.25, 0.3) is 22.4 Å². The van der Waals surface area contributed by atoms with Crippen molar-refractivity contribution in [2.75, 3.05) is 33.5 Å². The molecule has 0 aliphatic carbocycles. The third kappa shape index (κ3) is 11.9. The molecule has 2 amide bonds. The Morgan fingerprint density at radius 3 is 2.33 bits per heavy atom. The van der Waals surface area contributed by atoms with Gasteiger partial charge in [-0.3, -0.25) is 19.3 Å². The van der Waals surface area contributed by atoms with E-state index in [9.17, 15) is 18.0 Å². The highest BCUT2D eigenvalue weighted by molar-refractivity contribution is 7.89. The molecule has 3 rings (SSSR count). The minimum atomic E-state index is -3.71. The third-order valence-corrected chi connectivity index (χ3v) is 7.92. The van der Waals surface area contributed by atoms with Crippen molar-refractivity contribution in [3.63, 3.8) is 0 Å². The molecule has 9 nitrogen and oxygen atoms in total. The zero-order valence-corrected chi connectivity index (χ0v) is 29.3. The summed E-state index contributed by atoms with van der Waals surface area (Å²) < 4.78 is 31.0. The van der Waals surface area contributed by atoms with Gasteiger partial charge in [0.1, 0.15) is 5.75 Å². The van der Waals surface area contributed by atoms with E-state index < -0.39 is 27.4 Å². The Hall–Kier alpha value is -3.18. The van der Waals surface area contributed by atoms with Crippen LogP contribution >= 0.6 is 24.0 Å². The van der Waals surface area contributed by atoms with E-state index in [0.717, 1.165) is 41.5 Å². The van der Waals surface area contributed by atoms with Crippen LogP contribution in [0.5, 0.6) is 5.75 Å². The zero-order valence-electron chi connectivity index (χ0n) is 26.9. The number of ether oxygens (including phenoxy) is 1. The quantitative estimate of drug-likeness (QED) is 0.224. The predicted molar refractivity (Wildman–Crippen MR) is 183 cm³/mol. The Bertz CT molecular complexity index is 1590. The van der Waals surface area contributed by atoms with Crippen LogP contribution in [-0.4, -0.2) is 69.7 Å². The molecule has 246 valence electrons. The summed E-state index contributed by atoms with van der Waals surface area (Å²) in [6.45, 7) is 9.06. The van der Waals surface area contributed by atoms with E-state index >= 15 is 0 Å². The van der Waals surface area contributed by atoms with Crippen molar-refractivity contribution >= 4 is 45.8 Å². The van der Waals surface area contributed by atoms with Gasteiger partial charge in [-0.1, -0.05) is 68.8 Å². The molecule has 0 unspecified atom stereocenters. The molecule has 0 bridgehead atoms. The van der Waals surface area contributed by atoms with E-state index in [1.807, 2.05) is 95.0 Å². The lowest BCUT2D eigenvalue weighted by molar-refractivity contribution is -0.123. The standard InChI is InChI=1S/C33H43ClN4O5S.ClH/c1-22-11-8-9-12-25(22)26-15-14-24(20-30(39)36-29(33(2,3)4)21-31(40)37-44(7,41)42)35-32(26)23-13-16-27(34)28(19-23)43-18-10-17-38(5)6;/h8-9,11-16,19,29H,10,17-18,20-21H2,1-7H3,(H,36,39)(H,37,40);1H/t29-;/m0./s1. The van der Waals surface area contributed by atoms with Crippen molar-refractivity contribution in [3.05, 3.63) is 70.9 Å². The number of hydrogen-bond donors (Lipinski definition) is 2. The Labute approximate surface area is 278 Å². The van der Waals surface area contributed by atoms with Crippen LogP contribution in [0, 0.1) is 12.3 Å². The number of pyridine rings is 1. The molecule has 0 fully saturated rings. The normalized spacial score (nSPS) is 12.3. The summed E-state index contributed by atoms with van der Waals surface area (Å²) >= 11 is 6.49. The Morgan fingerprint density at radius 1 is 1.02 bits per heavy atom. The fraction of sp³-hybridized carbons (Fsp3) is 0.424. The van der Waals surface area contributed by atoms with Gasteiger partial charge in [0, 0.05) is 30.1 Å². The van der Waals surface area contributed by atoms with Gasteiger partial charge in [0.05, 0.1) is 35.7 Å². The predicted octanol–water partition coefficient (Wildman–Crippen LogP) is 5.67. The van der Waals surface area contributed by atoms with Crippen molar-refractivity contribution in [2.24, 2.45) is 5.41 Å². The van der Waals surface area contributed by atoms with Crippen molar-refractivity contribution < 1.29 is 22.7 Å². The maximum Gasteiger partial charge on any atom is 0.235 e. The van der Waals surface area contributed by atoms with Gasteiger partial charge in [-0.25, -0.2) is 8.42 Å². The molecule has 12 heteroatoms. The lowest BCUT2D eigenvalue weighted by atomic mass is 9.84. The molecule has 1 heterocycles. The monoisotopic (exact) mass is 678 g/mol. The van der Waals surface area contributed by atoms with Crippen LogP contribution in [0.1, 0.15) is 44.9 Å². The number of hydrogen-bond acceptors (Lipinski definition) is 7. The molecule has 0 spiro atoms. The molecule has 0 radical (unpaired) electrons. The minimum absolute atomic E-state index is 0. The molecule has 0 aliphatic heterocycles. The van der Waals surface area contributed by atoms with Crippen LogP contribution < -0.4 is 14.8 Å². The maximum atomic E-state index is 13.2. The SMILES string of the molecule is Cc1ccccc1-c1ccc(CC(=O)N[C@@H](CC(=O)NS(C)(=O)=O)C(C)(C)C)nc1-c1ccc(Cl)c(OCCCN(C)C)c1.Cl. The largest absolute Gasteiger partial charge is 0.492 e.